The molecule has 0 aromatic rings. The smallest absolute Gasteiger partial charge is 0.243 e. The maximum Gasteiger partial charge on any atom is 0.243 e. The predicted octanol–water partition coefficient (Wildman–Crippen LogP) is -0.928. The Morgan fingerprint density at radius 2 is 2.35 bits per heavy atom. The first-order valence-electron chi connectivity index (χ1n) is 5.53. The lowest BCUT2D eigenvalue weighted by Crippen LogP contribution is -2.55. The highest BCUT2D eigenvalue weighted by molar-refractivity contribution is 6.00. The summed E-state index contributed by atoms with van der Waals surface area (Å²) in [6, 6.07) is -0.976. The average Bonchev–Trinajstić information content (AvgIpc) is 2.29. The molecule has 6 heteroatoms. The van der Waals surface area contributed by atoms with Gasteiger partial charge in [-0.15, -0.1) is 6.58 Å². The number of nitrogens with one attached hydrogen (secondary N) is 3. The first-order chi connectivity index (χ1) is 8.04. The van der Waals surface area contributed by atoms with Crippen LogP contribution in [-0.2, 0) is 14.4 Å². The molecule has 94 valence electrons. The maximum atomic E-state index is 11.5. The van der Waals surface area contributed by atoms with E-state index in [2.05, 4.69) is 22.5 Å². The van der Waals surface area contributed by atoms with Crippen molar-refractivity contribution in [3.8, 4) is 0 Å². The van der Waals surface area contributed by atoms with Gasteiger partial charge >= 0.3 is 0 Å². The molecule has 0 spiro atoms. The Kier molecular flexibility index (Phi) is 4.84. The van der Waals surface area contributed by atoms with Crippen molar-refractivity contribution in [2.24, 2.45) is 0 Å². The van der Waals surface area contributed by atoms with E-state index in [-0.39, 0.29) is 17.7 Å². The van der Waals surface area contributed by atoms with Crippen LogP contribution >= 0.6 is 0 Å². The van der Waals surface area contributed by atoms with Gasteiger partial charge < -0.3 is 5.32 Å². The predicted molar refractivity (Wildman–Crippen MR) is 62.0 cm³/mol. The summed E-state index contributed by atoms with van der Waals surface area (Å²) in [5.41, 5.74) is 0. The van der Waals surface area contributed by atoms with Gasteiger partial charge in [0.2, 0.25) is 17.7 Å². The second-order valence-electron chi connectivity index (χ2n) is 3.93. The highest BCUT2D eigenvalue weighted by atomic mass is 16.2. The van der Waals surface area contributed by atoms with Crippen LogP contribution < -0.4 is 16.0 Å². The SMILES string of the molecule is C=CCNC(=O)C(C)NC1CCC(=O)NC1=O. The van der Waals surface area contributed by atoms with E-state index >= 15 is 0 Å². The fourth-order valence-electron chi connectivity index (χ4n) is 1.56. The molecule has 2 unspecified atom stereocenters. The monoisotopic (exact) mass is 239 g/mol. The summed E-state index contributed by atoms with van der Waals surface area (Å²) in [5.74, 6) is -0.837. The Hall–Kier alpha value is -1.69. The van der Waals surface area contributed by atoms with Crippen molar-refractivity contribution in [3.63, 3.8) is 0 Å². The number of carbonyl (C=O) groups excluding carboxylic acids is 3. The molecule has 1 aliphatic rings. The number of amides is 3. The zero-order valence-electron chi connectivity index (χ0n) is 9.79. The molecular weight excluding hydrogens is 222 g/mol. The lowest BCUT2D eigenvalue weighted by Gasteiger charge is -2.24. The molecular formula is C11H17N3O3. The third-order valence-corrected chi connectivity index (χ3v) is 2.50. The van der Waals surface area contributed by atoms with Crippen LogP contribution in [0.25, 0.3) is 0 Å². The quantitative estimate of drug-likeness (QED) is 0.427. The fourth-order valence-corrected chi connectivity index (χ4v) is 1.56. The molecule has 0 aliphatic carbocycles. The van der Waals surface area contributed by atoms with Crippen LogP contribution in [0.4, 0.5) is 0 Å². The van der Waals surface area contributed by atoms with E-state index < -0.39 is 12.1 Å². The van der Waals surface area contributed by atoms with Gasteiger partial charge in [-0.3, -0.25) is 25.0 Å². The van der Waals surface area contributed by atoms with Crippen molar-refractivity contribution in [3.05, 3.63) is 12.7 Å². The number of imide groups is 1. The zero-order valence-corrected chi connectivity index (χ0v) is 9.79. The molecule has 3 amide bonds. The van der Waals surface area contributed by atoms with Crippen LogP contribution in [0.1, 0.15) is 19.8 Å². The summed E-state index contributed by atoms with van der Waals surface area (Å²) < 4.78 is 0. The Bertz CT molecular complexity index is 341. The summed E-state index contributed by atoms with van der Waals surface area (Å²) in [6.07, 6.45) is 2.30. The van der Waals surface area contributed by atoms with E-state index in [4.69, 9.17) is 0 Å². The van der Waals surface area contributed by atoms with Crippen molar-refractivity contribution >= 4 is 17.7 Å². The number of hydrogen-bond acceptors (Lipinski definition) is 4. The molecule has 6 nitrogen and oxygen atoms in total. The molecule has 3 N–H and O–H groups in total. The molecule has 0 aromatic heterocycles. The van der Waals surface area contributed by atoms with E-state index in [0.717, 1.165) is 0 Å². The van der Waals surface area contributed by atoms with Crippen LogP contribution in [0.15, 0.2) is 12.7 Å². The van der Waals surface area contributed by atoms with E-state index in [1.807, 2.05) is 0 Å². The second-order valence-corrected chi connectivity index (χ2v) is 3.93. The number of rotatable bonds is 5. The largest absolute Gasteiger partial charge is 0.351 e. The van der Waals surface area contributed by atoms with E-state index in [9.17, 15) is 14.4 Å². The summed E-state index contributed by atoms with van der Waals surface area (Å²) in [5, 5.41) is 7.74. The van der Waals surface area contributed by atoms with Gasteiger partial charge in [-0.2, -0.15) is 0 Å². The minimum Gasteiger partial charge on any atom is -0.351 e. The summed E-state index contributed by atoms with van der Waals surface area (Å²) in [4.78, 5) is 33.9. The summed E-state index contributed by atoms with van der Waals surface area (Å²) >= 11 is 0. The van der Waals surface area contributed by atoms with E-state index in [1.54, 1.807) is 13.0 Å². The van der Waals surface area contributed by atoms with E-state index in [1.165, 1.54) is 0 Å². The third-order valence-electron chi connectivity index (χ3n) is 2.50. The standard InChI is InChI=1S/C11H17N3O3/c1-3-6-12-10(16)7(2)13-8-4-5-9(15)14-11(8)17/h3,7-8,13H,1,4-6H2,2H3,(H,12,16)(H,14,15,17). The molecule has 1 aliphatic heterocycles. The van der Waals surface area contributed by atoms with Gasteiger partial charge in [-0.05, 0) is 13.3 Å². The highest BCUT2D eigenvalue weighted by Crippen LogP contribution is 2.05. The van der Waals surface area contributed by atoms with Crippen molar-refractivity contribution in [1.29, 1.82) is 0 Å². The van der Waals surface area contributed by atoms with Crippen LogP contribution in [0, 0.1) is 0 Å². The van der Waals surface area contributed by atoms with Gasteiger partial charge in [-0.1, -0.05) is 6.08 Å². The molecule has 2 atom stereocenters. The molecule has 0 saturated carbocycles. The molecule has 1 fully saturated rings. The Balaban J connectivity index is 2.42. The van der Waals surface area contributed by atoms with Crippen molar-refractivity contribution in [1.82, 2.24) is 16.0 Å². The summed E-state index contributed by atoms with van der Waals surface area (Å²) in [7, 11) is 0. The summed E-state index contributed by atoms with van der Waals surface area (Å²) in [6.45, 7) is 5.55. The highest BCUT2D eigenvalue weighted by Gasteiger charge is 2.28. The van der Waals surface area contributed by atoms with Crippen molar-refractivity contribution in [2.45, 2.75) is 31.8 Å². The lowest BCUT2D eigenvalue weighted by molar-refractivity contribution is -0.135. The van der Waals surface area contributed by atoms with Gasteiger partial charge in [0.1, 0.15) is 0 Å². The molecule has 1 rings (SSSR count). The van der Waals surface area contributed by atoms with Gasteiger partial charge in [-0.25, -0.2) is 0 Å². The first kappa shape index (κ1) is 13.4. The van der Waals surface area contributed by atoms with Crippen LogP contribution in [0.2, 0.25) is 0 Å². The lowest BCUT2D eigenvalue weighted by atomic mass is 10.1. The van der Waals surface area contributed by atoms with Gasteiger partial charge in [0.05, 0.1) is 12.1 Å². The van der Waals surface area contributed by atoms with Crippen molar-refractivity contribution < 1.29 is 14.4 Å². The number of piperidine rings is 1. The van der Waals surface area contributed by atoms with Crippen molar-refractivity contribution in [2.75, 3.05) is 6.54 Å². The fraction of sp³-hybridized carbons (Fsp3) is 0.545. The maximum absolute atomic E-state index is 11.5. The Morgan fingerprint density at radius 3 is 2.94 bits per heavy atom. The third kappa shape index (κ3) is 3.99. The average molecular weight is 239 g/mol. The van der Waals surface area contributed by atoms with Gasteiger partial charge in [0.25, 0.3) is 0 Å². The molecule has 0 aromatic carbocycles. The Morgan fingerprint density at radius 1 is 1.65 bits per heavy atom. The van der Waals surface area contributed by atoms with Crippen LogP contribution in [0.3, 0.4) is 0 Å². The molecule has 0 bridgehead atoms. The normalized spacial score (nSPS) is 21.6. The molecule has 0 radical (unpaired) electrons. The van der Waals surface area contributed by atoms with Crippen LogP contribution in [0.5, 0.6) is 0 Å². The number of hydrogen-bond donors (Lipinski definition) is 3. The zero-order chi connectivity index (χ0) is 12.8. The van der Waals surface area contributed by atoms with Gasteiger partial charge in [0, 0.05) is 13.0 Å². The minimum atomic E-state index is -0.489. The minimum absolute atomic E-state index is 0.199. The topological polar surface area (TPSA) is 87.3 Å². The Labute approximate surface area is 99.8 Å². The molecule has 1 heterocycles. The van der Waals surface area contributed by atoms with E-state index in [0.29, 0.717) is 19.4 Å². The first-order valence-corrected chi connectivity index (χ1v) is 5.53. The van der Waals surface area contributed by atoms with Crippen LogP contribution in [-0.4, -0.2) is 36.3 Å². The number of carbonyl (C=O) groups is 3. The molecule has 1 saturated heterocycles. The second kappa shape index (κ2) is 6.15. The molecule has 17 heavy (non-hydrogen) atoms. The van der Waals surface area contributed by atoms with Gasteiger partial charge in [0.15, 0.2) is 0 Å².